The fourth-order valence-electron chi connectivity index (χ4n) is 5.30. The number of nitrogens with zero attached hydrogens (tertiary/aromatic N) is 1. The SMILES string of the molecule is Cc1cc(C(C)(C)C)cc(C)c1CCNC(=O)CN1C(=O)NC2(CCCc3ccccc32)C1=O. The zero-order chi connectivity index (χ0) is 24.7. The van der Waals surface area contributed by atoms with Crippen molar-refractivity contribution in [2.45, 2.75) is 71.3 Å². The van der Waals surface area contributed by atoms with E-state index in [1.54, 1.807) is 0 Å². The summed E-state index contributed by atoms with van der Waals surface area (Å²) in [6, 6.07) is 11.7. The summed E-state index contributed by atoms with van der Waals surface area (Å²) in [5.74, 6) is -0.657. The van der Waals surface area contributed by atoms with Crippen LogP contribution in [0.25, 0.3) is 0 Å². The lowest BCUT2D eigenvalue weighted by Crippen LogP contribution is -2.47. The summed E-state index contributed by atoms with van der Waals surface area (Å²) in [7, 11) is 0. The van der Waals surface area contributed by atoms with E-state index in [1.807, 2.05) is 24.3 Å². The Labute approximate surface area is 202 Å². The molecule has 1 heterocycles. The van der Waals surface area contributed by atoms with Crippen LogP contribution in [-0.4, -0.2) is 35.8 Å². The van der Waals surface area contributed by atoms with Crippen LogP contribution in [-0.2, 0) is 33.4 Å². The molecule has 1 aliphatic carbocycles. The molecule has 2 aromatic rings. The van der Waals surface area contributed by atoms with E-state index in [0.29, 0.717) is 19.4 Å². The van der Waals surface area contributed by atoms with E-state index in [0.717, 1.165) is 28.9 Å². The second-order valence-electron chi connectivity index (χ2n) is 10.7. The number of urea groups is 1. The number of carbonyl (C=O) groups is 3. The van der Waals surface area contributed by atoms with Crippen LogP contribution in [0.15, 0.2) is 36.4 Å². The molecule has 1 spiro atoms. The lowest BCUT2D eigenvalue weighted by molar-refractivity contribution is -0.135. The summed E-state index contributed by atoms with van der Waals surface area (Å²) in [6.45, 7) is 11.0. The number of hydrogen-bond acceptors (Lipinski definition) is 3. The van der Waals surface area contributed by atoms with Gasteiger partial charge >= 0.3 is 6.03 Å². The molecule has 1 saturated heterocycles. The van der Waals surface area contributed by atoms with Gasteiger partial charge in [-0.1, -0.05) is 57.2 Å². The molecule has 1 unspecified atom stereocenters. The number of hydrogen-bond donors (Lipinski definition) is 2. The molecule has 0 aromatic heterocycles. The highest BCUT2D eigenvalue weighted by Gasteiger charge is 2.54. The van der Waals surface area contributed by atoms with Crippen LogP contribution in [0, 0.1) is 13.8 Å². The molecule has 1 fully saturated rings. The molecule has 1 aliphatic heterocycles. The first kappa shape index (κ1) is 24.0. The maximum Gasteiger partial charge on any atom is 0.325 e. The molecule has 0 saturated carbocycles. The Bertz CT molecular complexity index is 1120. The lowest BCUT2D eigenvalue weighted by atomic mass is 9.76. The standard InChI is InChI=1S/C28H35N3O3/c1-18-15-21(27(3,4)5)16-19(2)22(18)12-14-29-24(32)17-31-25(33)28(30-26(31)34)13-8-10-20-9-6-7-11-23(20)28/h6-7,9,11,15-16H,8,10,12-14,17H2,1-5H3,(H,29,32)(H,30,34). The van der Waals surface area contributed by atoms with E-state index in [1.165, 1.54) is 22.3 Å². The Morgan fingerprint density at radius 3 is 2.47 bits per heavy atom. The van der Waals surface area contributed by atoms with Crippen molar-refractivity contribution >= 4 is 17.8 Å². The first-order valence-corrected chi connectivity index (χ1v) is 12.1. The predicted octanol–water partition coefficient (Wildman–Crippen LogP) is 4.04. The fraction of sp³-hybridized carbons (Fsp3) is 0.464. The molecule has 6 heteroatoms. The highest BCUT2D eigenvalue weighted by molar-refractivity contribution is 6.09. The van der Waals surface area contributed by atoms with Crippen LogP contribution in [0.1, 0.15) is 67.0 Å². The topological polar surface area (TPSA) is 78.5 Å². The summed E-state index contributed by atoms with van der Waals surface area (Å²) < 4.78 is 0. The molecule has 4 rings (SSSR count). The number of benzene rings is 2. The number of fused-ring (bicyclic) bond motifs is 2. The van der Waals surface area contributed by atoms with Crippen molar-refractivity contribution in [3.8, 4) is 0 Å². The summed E-state index contributed by atoms with van der Waals surface area (Å²) in [4.78, 5) is 39.8. The third-order valence-electron chi connectivity index (χ3n) is 7.21. The summed E-state index contributed by atoms with van der Waals surface area (Å²) >= 11 is 0. The van der Waals surface area contributed by atoms with Gasteiger partial charge < -0.3 is 10.6 Å². The fourth-order valence-corrected chi connectivity index (χ4v) is 5.30. The number of amides is 4. The number of aryl methyl sites for hydroxylation is 3. The van der Waals surface area contributed by atoms with Gasteiger partial charge in [0.25, 0.3) is 5.91 Å². The van der Waals surface area contributed by atoms with Crippen molar-refractivity contribution < 1.29 is 14.4 Å². The predicted molar refractivity (Wildman–Crippen MR) is 133 cm³/mol. The van der Waals surface area contributed by atoms with Crippen LogP contribution in [0.4, 0.5) is 4.79 Å². The van der Waals surface area contributed by atoms with Gasteiger partial charge in [-0.25, -0.2) is 4.79 Å². The van der Waals surface area contributed by atoms with Gasteiger partial charge in [0.1, 0.15) is 12.1 Å². The smallest absolute Gasteiger partial charge is 0.325 e. The third kappa shape index (κ3) is 4.33. The van der Waals surface area contributed by atoms with E-state index in [-0.39, 0.29) is 23.8 Å². The lowest BCUT2D eigenvalue weighted by Gasteiger charge is -2.33. The second kappa shape index (κ2) is 8.90. The normalized spacial score (nSPS) is 19.9. The molecule has 0 radical (unpaired) electrons. The van der Waals surface area contributed by atoms with Crippen molar-refractivity contribution in [3.63, 3.8) is 0 Å². The maximum absolute atomic E-state index is 13.4. The molecule has 34 heavy (non-hydrogen) atoms. The minimum absolute atomic E-state index is 0.0846. The molecule has 2 aromatic carbocycles. The van der Waals surface area contributed by atoms with Crippen LogP contribution in [0.5, 0.6) is 0 Å². The Morgan fingerprint density at radius 1 is 1.12 bits per heavy atom. The van der Waals surface area contributed by atoms with Crippen molar-refractivity contribution in [2.24, 2.45) is 0 Å². The average Bonchev–Trinajstić information content (AvgIpc) is 3.00. The number of imide groups is 1. The van der Waals surface area contributed by atoms with Crippen molar-refractivity contribution in [1.82, 2.24) is 15.5 Å². The zero-order valence-electron chi connectivity index (χ0n) is 20.9. The van der Waals surface area contributed by atoms with Crippen molar-refractivity contribution in [2.75, 3.05) is 13.1 Å². The average molecular weight is 462 g/mol. The van der Waals surface area contributed by atoms with E-state index in [4.69, 9.17) is 0 Å². The highest BCUT2D eigenvalue weighted by Crippen LogP contribution is 2.39. The first-order valence-electron chi connectivity index (χ1n) is 12.1. The van der Waals surface area contributed by atoms with Gasteiger partial charge in [0.15, 0.2) is 0 Å². The molecular weight excluding hydrogens is 426 g/mol. The van der Waals surface area contributed by atoms with Crippen LogP contribution >= 0.6 is 0 Å². The quantitative estimate of drug-likeness (QED) is 0.660. The van der Waals surface area contributed by atoms with Gasteiger partial charge in [-0.05, 0) is 78.3 Å². The Balaban J connectivity index is 1.39. The molecule has 2 N–H and O–H groups in total. The number of carbonyl (C=O) groups excluding carboxylic acids is 3. The van der Waals surface area contributed by atoms with E-state index >= 15 is 0 Å². The molecule has 2 aliphatic rings. The molecule has 1 atom stereocenters. The van der Waals surface area contributed by atoms with Gasteiger partial charge in [0, 0.05) is 6.54 Å². The van der Waals surface area contributed by atoms with Gasteiger partial charge in [-0.3, -0.25) is 14.5 Å². The maximum atomic E-state index is 13.4. The third-order valence-corrected chi connectivity index (χ3v) is 7.21. The number of rotatable bonds is 5. The molecule has 4 amide bonds. The van der Waals surface area contributed by atoms with Gasteiger partial charge in [0.2, 0.25) is 5.91 Å². The van der Waals surface area contributed by atoms with Crippen LogP contribution in [0.3, 0.4) is 0 Å². The Hall–Kier alpha value is -3.15. The summed E-state index contributed by atoms with van der Waals surface area (Å²) in [6.07, 6.45) is 2.95. The van der Waals surface area contributed by atoms with E-state index < -0.39 is 11.6 Å². The van der Waals surface area contributed by atoms with Gasteiger partial charge in [-0.15, -0.1) is 0 Å². The van der Waals surface area contributed by atoms with E-state index in [9.17, 15) is 14.4 Å². The zero-order valence-corrected chi connectivity index (χ0v) is 20.9. The van der Waals surface area contributed by atoms with Crippen LogP contribution in [0.2, 0.25) is 0 Å². The molecule has 180 valence electrons. The Morgan fingerprint density at radius 2 is 1.79 bits per heavy atom. The van der Waals surface area contributed by atoms with E-state index in [2.05, 4.69) is 57.4 Å². The summed E-state index contributed by atoms with van der Waals surface area (Å²) in [5.41, 5.74) is 5.92. The van der Waals surface area contributed by atoms with Crippen LogP contribution < -0.4 is 10.6 Å². The van der Waals surface area contributed by atoms with Gasteiger partial charge in [-0.2, -0.15) is 0 Å². The minimum Gasteiger partial charge on any atom is -0.354 e. The first-order chi connectivity index (χ1) is 16.0. The van der Waals surface area contributed by atoms with Gasteiger partial charge in [0.05, 0.1) is 0 Å². The second-order valence-corrected chi connectivity index (χ2v) is 10.7. The minimum atomic E-state index is -1.05. The number of nitrogens with one attached hydrogen (secondary N) is 2. The van der Waals surface area contributed by atoms with Crippen molar-refractivity contribution in [3.05, 3.63) is 69.8 Å². The monoisotopic (exact) mass is 461 g/mol. The van der Waals surface area contributed by atoms with Crippen molar-refractivity contribution in [1.29, 1.82) is 0 Å². The summed E-state index contributed by atoms with van der Waals surface area (Å²) in [5, 5.41) is 5.80. The molecular formula is C28H35N3O3. The molecule has 0 bridgehead atoms. The largest absolute Gasteiger partial charge is 0.354 e. The highest BCUT2D eigenvalue weighted by atomic mass is 16.2. The Kier molecular flexibility index (Phi) is 6.28. The molecule has 6 nitrogen and oxygen atoms in total.